The van der Waals surface area contributed by atoms with E-state index in [9.17, 15) is 18.3 Å². The first-order valence-corrected chi connectivity index (χ1v) is 11.0. The first-order chi connectivity index (χ1) is 14.7. The zero-order valence-corrected chi connectivity index (χ0v) is 17.6. The molecule has 5 atom stereocenters. The van der Waals surface area contributed by atoms with Crippen LogP contribution >= 0.6 is 0 Å². The third-order valence-corrected chi connectivity index (χ3v) is 5.75. The van der Waals surface area contributed by atoms with E-state index in [-0.39, 0.29) is 36.3 Å². The van der Waals surface area contributed by atoms with Gasteiger partial charge in [-0.1, -0.05) is 12.2 Å². The van der Waals surface area contributed by atoms with Gasteiger partial charge in [-0.3, -0.25) is 8.98 Å². The number of esters is 1. The Labute approximate surface area is 179 Å². The summed E-state index contributed by atoms with van der Waals surface area (Å²) in [6, 6.07) is -0.442. The number of aliphatic hydroxyl groups excluding tert-OH is 1. The number of aromatic nitrogens is 2. The highest BCUT2D eigenvalue weighted by Gasteiger charge is 2.35. The normalized spacial score (nSPS) is 27.8. The summed E-state index contributed by atoms with van der Waals surface area (Å²) in [5, 5.41) is 24.8. The van der Waals surface area contributed by atoms with Crippen molar-refractivity contribution in [3.63, 3.8) is 0 Å². The van der Waals surface area contributed by atoms with Crippen LogP contribution in [0, 0.1) is 17.4 Å². The molecule has 0 radical (unpaired) electrons. The Balaban J connectivity index is 1.65. The molecule has 6 N–H and O–H groups in total. The number of methoxy groups -OCH3 is 1. The fraction of sp³-hybridized carbons (Fsp3) is 0.588. The van der Waals surface area contributed by atoms with E-state index in [1.54, 1.807) is 6.08 Å². The van der Waals surface area contributed by atoms with Crippen molar-refractivity contribution in [2.45, 2.75) is 37.5 Å². The maximum Gasteiger partial charge on any atom is 0.333 e. The standard InChI is InChI=1S/C17H25N7O6S/c1-29-17(26)9-2-3-11(4-9)22-15-14(24-18)16(21-8-20-15)23-12-5-10(13(25)6-12)7-30-31(19,27)28/h2-3,8-13,18,25H,4-7H2,1H3,(H2,19,27,28)(H2,20,21,22,23)/t9-,10?,11+,12?,13?/m0/s1. The molecule has 3 rings (SSSR count). The zero-order chi connectivity index (χ0) is 22.6. The average molecular weight is 455 g/mol. The topological polar surface area (TPSA) is 202 Å². The summed E-state index contributed by atoms with van der Waals surface area (Å²) in [6.07, 6.45) is 5.33. The summed E-state index contributed by atoms with van der Waals surface area (Å²) in [7, 11) is -2.75. The van der Waals surface area contributed by atoms with Gasteiger partial charge in [0.15, 0.2) is 17.3 Å². The summed E-state index contributed by atoms with van der Waals surface area (Å²) in [5.41, 5.74) is 7.73. The maximum atomic E-state index is 11.7. The molecule has 170 valence electrons. The van der Waals surface area contributed by atoms with Crippen LogP contribution in [0.3, 0.4) is 0 Å². The smallest absolute Gasteiger partial charge is 0.333 e. The van der Waals surface area contributed by atoms with Crippen molar-refractivity contribution in [1.82, 2.24) is 9.97 Å². The second-order valence-electron chi connectivity index (χ2n) is 7.45. The summed E-state index contributed by atoms with van der Waals surface area (Å²) < 4.78 is 31.3. The third kappa shape index (κ3) is 5.94. The zero-order valence-electron chi connectivity index (χ0n) is 16.8. The molecule has 14 heteroatoms. The van der Waals surface area contributed by atoms with Crippen LogP contribution in [0.5, 0.6) is 0 Å². The van der Waals surface area contributed by atoms with Crippen molar-refractivity contribution in [2.24, 2.45) is 22.1 Å². The fourth-order valence-corrected chi connectivity index (χ4v) is 4.14. The van der Waals surface area contributed by atoms with Gasteiger partial charge in [-0.2, -0.15) is 13.5 Å². The highest BCUT2D eigenvalue weighted by molar-refractivity contribution is 7.84. The Hall–Kier alpha value is -2.68. The second-order valence-corrected chi connectivity index (χ2v) is 8.67. The molecule has 2 aliphatic rings. The number of nitrogens with two attached hydrogens (primary N) is 1. The van der Waals surface area contributed by atoms with E-state index in [4.69, 9.17) is 15.4 Å². The van der Waals surface area contributed by atoms with Gasteiger partial charge in [0.2, 0.25) is 0 Å². The number of hydrogen-bond donors (Lipinski definition) is 5. The molecule has 0 amide bonds. The van der Waals surface area contributed by atoms with Gasteiger partial charge in [0.25, 0.3) is 0 Å². The predicted octanol–water partition coefficient (Wildman–Crippen LogP) is 0.440. The van der Waals surface area contributed by atoms with E-state index in [2.05, 4.69) is 29.9 Å². The number of rotatable bonds is 9. The van der Waals surface area contributed by atoms with Crippen molar-refractivity contribution < 1.29 is 27.2 Å². The Kier molecular flexibility index (Phi) is 7.15. The van der Waals surface area contributed by atoms with Crippen LogP contribution in [0.15, 0.2) is 23.6 Å². The molecule has 31 heavy (non-hydrogen) atoms. The monoisotopic (exact) mass is 455 g/mol. The molecular weight excluding hydrogens is 430 g/mol. The van der Waals surface area contributed by atoms with Gasteiger partial charge in [-0.05, 0) is 19.3 Å². The van der Waals surface area contributed by atoms with Crippen LogP contribution in [0.4, 0.5) is 17.3 Å². The predicted molar refractivity (Wildman–Crippen MR) is 109 cm³/mol. The van der Waals surface area contributed by atoms with E-state index < -0.39 is 22.3 Å². The minimum Gasteiger partial charge on any atom is -0.469 e. The van der Waals surface area contributed by atoms with Gasteiger partial charge in [0, 0.05) is 18.0 Å². The molecule has 0 aromatic carbocycles. The molecular formula is C17H25N7O6S. The molecule has 13 nitrogen and oxygen atoms in total. The van der Waals surface area contributed by atoms with Crippen molar-refractivity contribution in [2.75, 3.05) is 24.4 Å². The first kappa shape index (κ1) is 23.0. The van der Waals surface area contributed by atoms with E-state index in [1.807, 2.05) is 6.08 Å². The molecule has 1 saturated carbocycles. The molecule has 1 aromatic rings. The number of anilines is 2. The Bertz CT molecular complexity index is 956. The molecule has 1 aromatic heterocycles. The minimum absolute atomic E-state index is 0.177. The van der Waals surface area contributed by atoms with E-state index in [1.165, 1.54) is 13.4 Å². The number of carbonyl (C=O) groups excluding carboxylic acids is 1. The molecule has 1 fully saturated rings. The van der Waals surface area contributed by atoms with Crippen LogP contribution in [-0.4, -0.2) is 61.4 Å². The number of aliphatic hydroxyl groups is 1. The van der Waals surface area contributed by atoms with E-state index in [0.29, 0.717) is 30.9 Å². The van der Waals surface area contributed by atoms with Crippen LogP contribution in [-0.2, 0) is 24.0 Å². The largest absolute Gasteiger partial charge is 0.469 e. The molecule has 2 aliphatic carbocycles. The second kappa shape index (κ2) is 9.64. The highest BCUT2D eigenvalue weighted by Crippen LogP contribution is 2.35. The third-order valence-electron chi connectivity index (χ3n) is 5.29. The van der Waals surface area contributed by atoms with Gasteiger partial charge in [0.05, 0.1) is 25.7 Å². The van der Waals surface area contributed by atoms with Crippen LogP contribution in [0.2, 0.25) is 0 Å². The molecule has 0 aliphatic heterocycles. The number of hydrogen-bond acceptors (Lipinski definition) is 12. The average Bonchev–Trinajstić information content (AvgIpc) is 3.32. The summed E-state index contributed by atoms with van der Waals surface area (Å²) >= 11 is 0. The number of ether oxygens (including phenoxy) is 1. The Morgan fingerprint density at radius 1 is 1.29 bits per heavy atom. The first-order valence-electron chi connectivity index (χ1n) is 9.57. The lowest BCUT2D eigenvalue weighted by atomic mass is 10.1. The minimum atomic E-state index is -4.09. The van der Waals surface area contributed by atoms with Gasteiger partial charge in [-0.15, -0.1) is 0 Å². The van der Waals surface area contributed by atoms with Gasteiger partial charge >= 0.3 is 16.3 Å². The Morgan fingerprint density at radius 3 is 2.65 bits per heavy atom. The molecule has 0 bridgehead atoms. The molecule has 1 heterocycles. The van der Waals surface area contributed by atoms with Crippen molar-refractivity contribution in [1.29, 1.82) is 5.53 Å². The van der Waals surface area contributed by atoms with Gasteiger partial charge < -0.3 is 20.5 Å². The van der Waals surface area contributed by atoms with E-state index in [0.717, 1.165) is 0 Å². The number of carbonyl (C=O) groups is 1. The van der Waals surface area contributed by atoms with Crippen molar-refractivity contribution in [3.8, 4) is 0 Å². The highest BCUT2D eigenvalue weighted by atomic mass is 32.2. The lowest BCUT2D eigenvalue weighted by Gasteiger charge is -2.18. The molecule has 3 unspecified atom stereocenters. The lowest BCUT2D eigenvalue weighted by molar-refractivity contribution is -0.143. The van der Waals surface area contributed by atoms with Crippen molar-refractivity contribution >= 4 is 33.6 Å². The van der Waals surface area contributed by atoms with Crippen molar-refractivity contribution in [3.05, 3.63) is 18.5 Å². The van der Waals surface area contributed by atoms with Crippen LogP contribution < -0.4 is 15.8 Å². The van der Waals surface area contributed by atoms with Gasteiger partial charge in [-0.25, -0.2) is 20.6 Å². The number of nitrogens with one attached hydrogen (secondary N) is 3. The van der Waals surface area contributed by atoms with Gasteiger partial charge in [0.1, 0.15) is 6.33 Å². The van der Waals surface area contributed by atoms with E-state index >= 15 is 0 Å². The van der Waals surface area contributed by atoms with Crippen LogP contribution in [0.25, 0.3) is 0 Å². The summed E-state index contributed by atoms with van der Waals surface area (Å²) in [4.78, 5) is 20.0. The van der Waals surface area contributed by atoms with Crippen LogP contribution in [0.1, 0.15) is 19.3 Å². The molecule has 0 spiro atoms. The fourth-order valence-electron chi connectivity index (χ4n) is 3.78. The maximum absolute atomic E-state index is 11.7. The quantitative estimate of drug-likeness (QED) is 0.197. The molecule has 0 saturated heterocycles. The number of nitrogens with zero attached hydrogens (tertiary/aromatic N) is 3. The summed E-state index contributed by atoms with van der Waals surface area (Å²) in [6.45, 7) is -0.222. The lowest BCUT2D eigenvalue weighted by Crippen LogP contribution is -2.24. The summed E-state index contributed by atoms with van der Waals surface area (Å²) in [5.74, 6) is -0.485. The Morgan fingerprint density at radius 2 is 2.00 bits per heavy atom. The SMILES string of the molecule is COC(=O)[C@H]1C=C[C@@H](Nc2ncnc(NC3CC(O)C(COS(N)(=O)=O)C3)c2N=N)C1.